The molecule has 2 heterocycles. The number of aromatic amines is 1. The number of carbonyl (C=O) groups excluding carboxylic acids is 2. The maximum atomic E-state index is 13.9. The van der Waals surface area contributed by atoms with Gasteiger partial charge in [0.05, 0.1) is 29.0 Å². The zero-order valence-electron chi connectivity index (χ0n) is 13.2. The topological polar surface area (TPSA) is 78.1 Å². The summed E-state index contributed by atoms with van der Waals surface area (Å²) in [4.78, 5) is 33.1. The van der Waals surface area contributed by atoms with Gasteiger partial charge in [0.1, 0.15) is 5.82 Å². The van der Waals surface area contributed by atoms with E-state index in [1.165, 1.54) is 11.0 Å². The highest BCUT2D eigenvalue weighted by atomic mass is 19.1. The van der Waals surface area contributed by atoms with Gasteiger partial charge in [0.2, 0.25) is 11.8 Å². The number of nitrogens with one attached hydrogen (secondary N) is 2. The van der Waals surface area contributed by atoms with Crippen LogP contribution in [0, 0.1) is 11.7 Å². The second-order valence-corrected chi connectivity index (χ2v) is 5.98. The Balaban J connectivity index is 1.49. The first-order valence-electron chi connectivity index (χ1n) is 7.91. The Kier molecular flexibility index (Phi) is 3.68. The van der Waals surface area contributed by atoms with Crippen molar-refractivity contribution in [3.8, 4) is 0 Å². The van der Waals surface area contributed by atoms with Gasteiger partial charge in [-0.05, 0) is 30.3 Å². The minimum absolute atomic E-state index is 0.0620. The van der Waals surface area contributed by atoms with Gasteiger partial charge < -0.3 is 15.2 Å². The maximum Gasteiger partial charge on any atom is 0.229 e. The van der Waals surface area contributed by atoms with Crippen LogP contribution in [0.4, 0.5) is 15.8 Å². The average molecular weight is 338 g/mol. The summed E-state index contributed by atoms with van der Waals surface area (Å²) in [5.41, 5.74) is 2.45. The second kappa shape index (κ2) is 6.01. The van der Waals surface area contributed by atoms with Gasteiger partial charge >= 0.3 is 0 Å². The van der Waals surface area contributed by atoms with Crippen LogP contribution in [0.2, 0.25) is 0 Å². The number of benzene rings is 2. The van der Waals surface area contributed by atoms with Gasteiger partial charge in [-0.3, -0.25) is 9.59 Å². The van der Waals surface area contributed by atoms with Crippen molar-refractivity contribution < 1.29 is 14.0 Å². The number of H-pyrrole nitrogens is 1. The van der Waals surface area contributed by atoms with E-state index in [0.29, 0.717) is 5.69 Å². The van der Waals surface area contributed by atoms with Crippen LogP contribution in [-0.4, -0.2) is 28.3 Å². The Morgan fingerprint density at radius 3 is 2.96 bits per heavy atom. The molecule has 1 saturated heterocycles. The molecule has 1 atom stereocenters. The highest BCUT2D eigenvalue weighted by Crippen LogP contribution is 2.28. The summed E-state index contributed by atoms with van der Waals surface area (Å²) in [6.07, 6.45) is 1.64. The number of carbonyl (C=O) groups is 2. The van der Waals surface area contributed by atoms with Crippen LogP contribution < -0.4 is 10.2 Å². The first kappa shape index (κ1) is 15.3. The van der Waals surface area contributed by atoms with Crippen molar-refractivity contribution in [3.05, 3.63) is 54.6 Å². The zero-order chi connectivity index (χ0) is 17.4. The molecule has 0 radical (unpaired) electrons. The van der Waals surface area contributed by atoms with Crippen LogP contribution in [0.5, 0.6) is 0 Å². The van der Waals surface area contributed by atoms with Gasteiger partial charge in [0.25, 0.3) is 0 Å². The molecule has 126 valence electrons. The maximum absolute atomic E-state index is 13.9. The number of anilines is 2. The predicted molar refractivity (Wildman–Crippen MR) is 91.6 cm³/mol. The van der Waals surface area contributed by atoms with Gasteiger partial charge in [0, 0.05) is 18.7 Å². The molecule has 25 heavy (non-hydrogen) atoms. The largest absolute Gasteiger partial charge is 0.345 e. The van der Waals surface area contributed by atoms with Crippen molar-refractivity contribution in [2.24, 2.45) is 5.92 Å². The average Bonchev–Trinajstić information content (AvgIpc) is 3.21. The van der Waals surface area contributed by atoms with Crippen LogP contribution in [-0.2, 0) is 9.59 Å². The van der Waals surface area contributed by atoms with Gasteiger partial charge in [0.15, 0.2) is 0 Å². The van der Waals surface area contributed by atoms with Crippen molar-refractivity contribution in [1.29, 1.82) is 0 Å². The molecule has 1 fully saturated rings. The molecule has 3 aromatic rings. The van der Waals surface area contributed by atoms with Crippen molar-refractivity contribution in [2.45, 2.75) is 6.42 Å². The molecular formula is C18H15FN4O2. The monoisotopic (exact) mass is 338 g/mol. The van der Waals surface area contributed by atoms with Crippen molar-refractivity contribution in [3.63, 3.8) is 0 Å². The standard InChI is InChI=1S/C18H15FN4O2/c19-13-3-1-2-4-16(13)23-9-11(7-17(23)24)18(25)22-12-5-6-14-15(8-12)21-10-20-14/h1-6,8,10-11H,7,9H2,(H,20,21)(H,22,25)/t11-/m1/s1. The van der Waals surface area contributed by atoms with Gasteiger partial charge in [-0.1, -0.05) is 12.1 Å². The summed E-state index contributed by atoms with van der Waals surface area (Å²) in [6, 6.07) is 11.4. The predicted octanol–water partition coefficient (Wildman–Crippen LogP) is 2.69. The Labute approximate surface area is 142 Å². The van der Waals surface area contributed by atoms with E-state index in [1.54, 1.807) is 42.7 Å². The number of nitrogens with zero attached hydrogens (tertiary/aromatic N) is 2. The van der Waals surface area contributed by atoms with E-state index in [4.69, 9.17) is 0 Å². The number of rotatable bonds is 3. The smallest absolute Gasteiger partial charge is 0.229 e. The van der Waals surface area contributed by atoms with Crippen LogP contribution in [0.25, 0.3) is 11.0 Å². The molecule has 0 unspecified atom stereocenters. The van der Waals surface area contributed by atoms with E-state index in [9.17, 15) is 14.0 Å². The number of amides is 2. The summed E-state index contributed by atoms with van der Waals surface area (Å²) in [7, 11) is 0. The Hall–Kier alpha value is -3.22. The van der Waals surface area contributed by atoms with Crippen LogP contribution >= 0.6 is 0 Å². The van der Waals surface area contributed by atoms with E-state index < -0.39 is 11.7 Å². The lowest BCUT2D eigenvalue weighted by Gasteiger charge is -2.17. The molecule has 2 N–H and O–H groups in total. The molecule has 0 aliphatic carbocycles. The van der Waals surface area contributed by atoms with Crippen LogP contribution in [0.15, 0.2) is 48.8 Å². The lowest BCUT2D eigenvalue weighted by molar-refractivity contribution is -0.122. The number of para-hydroxylation sites is 1. The number of hydrogen-bond donors (Lipinski definition) is 2. The fourth-order valence-electron chi connectivity index (χ4n) is 3.04. The summed E-state index contributed by atoms with van der Waals surface area (Å²) in [5, 5.41) is 2.81. The minimum atomic E-state index is -0.524. The first-order chi connectivity index (χ1) is 12.1. The quantitative estimate of drug-likeness (QED) is 0.771. The molecular weight excluding hydrogens is 323 g/mol. The van der Waals surface area contributed by atoms with Crippen LogP contribution in [0.3, 0.4) is 0 Å². The third-order valence-electron chi connectivity index (χ3n) is 4.33. The van der Waals surface area contributed by atoms with E-state index in [0.717, 1.165) is 11.0 Å². The Morgan fingerprint density at radius 2 is 2.12 bits per heavy atom. The van der Waals surface area contributed by atoms with Gasteiger partial charge in [-0.2, -0.15) is 0 Å². The van der Waals surface area contributed by atoms with Crippen molar-refractivity contribution in [1.82, 2.24) is 9.97 Å². The molecule has 0 saturated carbocycles. The lowest BCUT2D eigenvalue weighted by atomic mass is 10.1. The number of halogens is 1. The first-order valence-corrected chi connectivity index (χ1v) is 7.91. The number of fused-ring (bicyclic) bond motifs is 1. The molecule has 4 rings (SSSR count). The minimum Gasteiger partial charge on any atom is -0.345 e. The van der Waals surface area contributed by atoms with E-state index in [1.807, 2.05) is 0 Å². The molecule has 0 bridgehead atoms. The molecule has 6 nitrogen and oxygen atoms in total. The van der Waals surface area contributed by atoms with E-state index in [-0.39, 0.29) is 30.5 Å². The molecule has 2 amide bonds. The number of aromatic nitrogens is 2. The molecule has 1 aliphatic heterocycles. The second-order valence-electron chi connectivity index (χ2n) is 5.98. The van der Waals surface area contributed by atoms with Crippen LogP contribution in [0.1, 0.15) is 6.42 Å². The highest BCUT2D eigenvalue weighted by molar-refractivity contribution is 6.04. The fraction of sp³-hybridized carbons (Fsp3) is 0.167. The lowest BCUT2D eigenvalue weighted by Crippen LogP contribution is -2.28. The third-order valence-corrected chi connectivity index (χ3v) is 4.33. The SMILES string of the molecule is O=C(Nc1ccc2nc[nH]c2c1)[C@@H]1CC(=O)N(c2ccccc2F)C1. The fourth-order valence-corrected chi connectivity index (χ4v) is 3.04. The van der Waals surface area contributed by atoms with E-state index >= 15 is 0 Å². The Morgan fingerprint density at radius 1 is 1.28 bits per heavy atom. The molecule has 0 spiro atoms. The molecule has 2 aromatic carbocycles. The zero-order valence-corrected chi connectivity index (χ0v) is 13.2. The normalized spacial score (nSPS) is 17.2. The number of hydrogen-bond acceptors (Lipinski definition) is 3. The third kappa shape index (κ3) is 2.84. The highest BCUT2D eigenvalue weighted by Gasteiger charge is 2.36. The molecule has 1 aromatic heterocycles. The van der Waals surface area contributed by atoms with Crippen molar-refractivity contribution >= 4 is 34.2 Å². The van der Waals surface area contributed by atoms with Gasteiger partial charge in [-0.25, -0.2) is 9.37 Å². The van der Waals surface area contributed by atoms with Crippen molar-refractivity contribution in [2.75, 3.05) is 16.8 Å². The molecule has 7 heteroatoms. The van der Waals surface area contributed by atoms with E-state index in [2.05, 4.69) is 15.3 Å². The summed E-state index contributed by atoms with van der Waals surface area (Å²) in [5.74, 6) is -1.51. The summed E-state index contributed by atoms with van der Waals surface area (Å²) >= 11 is 0. The Bertz CT molecular complexity index is 968. The number of imidazole rings is 1. The van der Waals surface area contributed by atoms with Gasteiger partial charge in [-0.15, -0.1) is 0 Å². The summed E-state index contributed by atoms with van der Waals surface area (Å²) in [6.45, 7) is 0.165. The summed E-state index contributed by atoms with van der Waals surface area (Å²) < 4.78 is 13.9. The molecule has 1 aliphatic rings.